The number of rotatable bonds is 5. The van der Waals surface area contributed by atoms with Gasteiger partial charge < -0.3 is 5.32 Å². The summed E-state index contributed by atoms with van der Waals surface area (Å²) in [6, 6.07) is 1.81. The molecule has 4 heteroatoms. The Morgan fingerprint density at radius 3 is 2.60 bits per heavy atom. The Hall–Kier alpha value is -0.830. The SMILES string of the molecule is CC(C)(C)c1nc(Cl)cc(NCCCC2CCCC2)n1. The van der Waals surface area contributed by atoms with E-state index in [1.165, 1.54) is 38.5 Å². The Kier molecular flexibility index (Phi) is 5.25. The van der Waals surface area contributed by atoms with Gasteiger partial charge in [0.25, 0.3) is 0 Å². The lowest BCUT2D eigenvalue weighted by atomic mass is 9.96. The van der Waals surface area contributed by atoms with Crippen LogP contribution in [0.2, 0.25) is 5.15 Å². The van der Waals surface area contributed by atoms with Gasteiger partial charge in [-0.15, -0.1) is 0 Å². The second-order valence-electron chi connectivity index (χ2n) is 6.87. The van der Waals surface area contributed by atoms with E-state index in [4.69, 9.17) is 11.6 Å². The van der Waals surface area contributed by atoms with Gasteiger partial charge in [0.05, 0.1) is 0 Å². The molecule has 1 saturated carbocycles. The van der Waals surface area contributed by atoms with Crippen LogP contribution >= 0.6 is 11.6 Å². The molecule has 1 aliphatic rings. The van der Waals surface area contributed by atoms with E-state index in [-0.39, 0.29) is 5.41 Å². The second-order valence-corrected chi connectivity index (χ2v) is 7.26. The number of halogens is 1. The largest absolute Gasteiger partial charge is 0.370 e. The van der Waals surface area contributed by atoms with E-state index in [1.807, 2.05) is 6.07 Å². The average molecular weight is 296 g/mol. The number of anilines is 1. The quantitative estimate of drug-likeness (QED) is 0.626. The lowest BCUT2D eigenvalue weighted by Gasteiger charge is -2.18. The molecule has 112 valence electrons. The molecule has 20 heavy (non-hydrogen) atoms. The zero-order valence-electron chi connectivity index (χ0n) is 12.9. The molecule has 0 aromatic carbocycles. The molecule has 0 spiro atoms. The third-order valence-electron chi connectivity index (χ3n) is 3.94. The molecule has 0 aliphatic heterocycles. The monoisotopic (exact) mass is 295 g/mol. The van der Waals surface area contributed by atoms with Gasteiger partial charge in [0.2, 0.25) is 0 Å². The summed E-state index contributed by atoms with van der Waals surface area (Å²) in [5, 5.41) is 3.90. The molecule has 1 heterocycles. The Bertz CT molecular complexity index is 434. The smallest absolute Gasteiger partial charge is 0.137 e. The maximum absolute atomic E-state index is 6.08. The van der Waals surface area contributed by atoms with Gasteiger partial charge in [-0.2, -0.15) is 0 Å². The standard InChI is InChI=1S/C16H26ClN3/c1-16(2,3)15-19-13(17)11-14(20-15)18-10-6-9-12-7-4-5-8-12/h11-12H,4-10H2,1-3H3,(H,18,19,20). The van der Waals surface area contributed by atoms with E-state index >= 15 is 0 Å². The van der Waals surface area contributed by atoms with Crippen molar-refractivity contribution in [3.05, 3.63) is 17.0 Å². The molecule has 2 rings (SSSR count). The van der Waals surface area contributed by atoms with Crippen LogP contribution in [0.4, 0.5) is 5.82 Å². The lowest BCUT2D eigenvalue weighted by Crippen LogP contribution is -2.17. The number of nitrogens with zero attached hydrogens (tertiary/aromatic N) is 2. The maximum Gasteiger partial charge on any atom is 0.137 e. The molecule has 0 saturated heterocycles. The van der Waals surface area contributed by atoms with Crippen LogP contribution in [0.15, 0.2) is 6.07 Å². The first-order valence-corrected chi connectivity index (χ1v) is 8.12. The Balaban J connectivity index is 1.84. The average Bonchev–Trinajstić information content (AvgIpc) is 2.86. The van der Waals surface area contributed by atoms with Gasteiger partial charge >= 0.3 is 0 Å². The summed E-state index contributed by atoms with van der Waals surface area (Å²) >= 11 is 6.08. The van der Waals surface area contributed by atoms with Crippen LogP contribution in [-0.2, 0) is 5.41 Å². The van der Waals surface area contributed by atoms with Crippen LogP contribution < -0.4 is 5.32 Å². The van der Waals surface area contributed by atoms with E-state index in [0.717, 1.165) is 24.1 Å². The van der Waals surface area contributed by atoms with Gasteiger partial charge in [-0.1, -0.05) is 58.1 Å². The van der Waals surface area contributed by atoms with Gasteiger partial charge in [0, 0.05) is 18.0 Å². The van der Waals surface area contributed by atoms with Crippen LogP contribution in [-0.4, -0.2) is 16.5 Å². The summed E-state index contributed by atoms with van der Waals surface area (Å²) in [5.41, 5.74) is -0.0782. The van der Waals surface area contributed by atoms with Crippen molar-refractivity contribution in [2.45, 2.75) is 64.7 Å². The van der Waals surface area contributed by atoms with Crippen LogP contribution in [0.1, 0.15) is 65.1 Å². The van der Waals surface area contributed by atoms with Gasteiger partial charge in [0.1, 0.15) is 16.8 Å². The fraction of sp³-hybridized carbons (Fsp3) is 0.750. The third-order valence-corrected chi connectivity index (χ3v) is 4.13. The Labute approximate surface area is 127 Å². The molecule has 1 aromatic heterocycles. The van der Waals surface area contributed by atoms with Crippen molar-refractivity contribution in [2.75, 3.05) is 11.9 Å². The summed E-state index contributed by atoms with van der Waals surface area (Å²) in [4.78, 5) is 8.88. The van der Waals surface area contributed by atoms with Crippen LogP contribution in [0.25, 0.3) is 0 Å². The minimum atomic E-state index is -0.0782. The molecular weight excluding hydrogens is 270 g/mol. The fourth-order valence-electron chi connectivity index (χ4n) is 2.75. The van der Waals surface area contributed by atoms with Crippen LogP contribution in [0.5, 0.6) is 0 Å². The van der Waals surface area contributed by atoms with E-state index in [2.05, 4.69) is 36.1 Å². The second kappa shape index (κ2) is 6.75. The van der Waals surface area contributed by atoms with Crippen molar-refractivity contribution in [1.82, 2.24) is 9.97 Å². The number of hydrogen-bond donors (Lipinski definition) is 1. The Morgan fingerprint density at radius 2 is 1.95 bits per heavy atom. The normalized spacial score (nSPS) is 16.6. The summed E-state index contributed by atoms with van der Waals surface area (Å²) in [5.74, 6) is 2.60. The highest BCUT2D eigenvalue weighted by Crippen LogP contribution is 2.28. The number of hydrogen-bond acceptors (Lipinski definition) is 3. The highest BCUT2D eigenvalue weighted by atomic mass is 35.5. The molecule has 1 N–H and O–H groups in total. The molecular formula is C16H26ClN3. The van der Waals surface area contributed by atoms with Crippen LogP contribution in [0, 0.1) is 5.92 Å². The molecule has 3 nitrogen and oxygen atoms in total. The molecule has 0 bridgehead atoms. The molecule has 1 aliphatic carbocycles. The van der Waals surface area contributed by atoms with Crippen molar-refractivity contribution in [2.24, 2.45) is 5.92 Å². The highest BCUT2D eigenvalue weighted by Gasteiger charge is 2.19. The predicted octanol–water partition coefficient (Wildman–Crippen LogP) is 4.81. The zero-order valence-corrected chi connectivity index (χ0v) is 13.6. The van der Waals surface area contributed by atoms with E-state index in [1.54, 1.807) is 0 Å². The van der Waals surface area contributed by atoms with Crippen molar-refractivity contribution < 1.29 is 0 Å². The van der Waals surface area contributed by atoms with Crippen molar-refractivity contribution in [1.29, 1.82) is 0 Å². The highest BCUT2D eigenvalue weighted by molar-refractivity contribution is 6.29. The first kappa shape index (κ1) is 15.6. The van der Waals surface area contributed by atoms with E-state index in [0.29, 0.717) is 5.15 Å². The van der Waals surface area contributed by atoms with E-state index < -0.39 is 0 Å². The Morgan fingerprint density at radius 1 is 1.25 bits per heavy atom. The molecule has 1 fully saturated rings. The summed E-state index contributed by atoms with van der Waals surface area (Å²) in [6.45, 7) is 7.26. The maximum atomic E-state index is 6.08. The van der Waals surface area contributed by atoms with E-state index in [9.17, 15) is 0 Å². The molecule has 0 atom stereocenters. The molecule has 0 amide bonds. The lowest BCUT2D eigenvalue weighted by molar-refractivity contribution is 0.491. The minimum absolute atomic E-state index is 0.0782. The fourth-order valence-corrected chi connectivity index (χ4v) is 2.93. The number of aromatic nitrogens is 2. The van der Waals surface area contributed by atoms with Gasteiger partial charge in [-0.25, -0.2) is 9.97 Å². The third kappa shape index (κ3) is 4.62. The van der Waals surface area contributed by atoms with Crippen molar-refractivity contribution in [3.8, 4) is 0 Å². The number of nitrogens with one attached hydrogen (secondary N) is 1. The molecule has 0 radical (unpaired) electrons. The summed E-state index contributed by atoms with van der Waals surface area (Å²) in [6.07, 6.45) is 8.24. The predicted molar refractivity (Wildman–Crippen MR) is 85.4 cm³/mol. The summed E-state index contributed by atoms with van der Waals surface area (Å²) in [7, 11) is 0. The molecule has 0 unspecified atom stereocenters. The van der Waals surface area contributed by atoms with Crippen molar-refractivity contribution in [3.63, 3.8) is 0 Å². The van der Waals surface area contributed by atoms with Gasteiger partial charge in [-0.3, -0.25) is 0 Å². The zero-order chi connectivity index (χ0) is 14.6. The van der Waals surface area contributed by atoms with Gasteiger partial charge in [-0.05, 0) is 18.8 Å². The first-order chi connectivity index (χ1) is 9.45. The molecule has 1 aromatic rings. The first-order valence-electron chi connectivity index (χ1n) is 7.74. The minimum Gasteiger partial charge on any atom is -0.370 e. The summed E-state index contributed by atoms with van der Waals surface area (Å²) < 4.78 is 0. The van der Waals surface area contributed by atoms with Crippen LogP contribution in [0.3, 0.4) is 0 Å². The topological polar surface area (TPSA) is 37.8 Å². The van der Waals surface area contributed by atoms with Crippen molar-refractivity contribution >= 4 is 17.4 Å². The van der Waals surface area contributed by atoms with Gasteiger partial charge in [0.15, 0.2) is 0 Å².